The lowest BCUT2D eigenvalue weighted by molar-refractivity contribution is 0.0909. The normalized spacial score (nSPS) is 14.2. The van der Waals surface area contributed by atoms with Gasteiger partial charge in [-0.1, -0.05) is 35.0 Å². The zero-order valence-corrected chi connectivity index (χ0v) is 11.9. The lowest BCUT2D eigenvalue weighted by atomic mass is 10.0. The summed E-state index contributed by atoms with van der Waals surface area (Å²) in [5.41, 5.74) is 0.230. The standard InChI is InChI=1S/C13H17BrFNO/c1-4-13(3,8-14)16-12(17)10-7-5-6-9(2)11(10)15/h5-7H,4,8H2,1-3H3,(H,16,17). The van der Waals surface area contributed by atoms with E-state index in [1.165, 1.54) is 6.07 Å². The largest absolute Gasteiger partial charge is 0.346 e. The first-order chi connectivity index (χ1) is 7.93. The van der Waals surface area contributed by atoms with Crippen LogP contribution < -0.4 is 5.32 Å². The van der Waals surface area contributed by atoms with Gasteiger partial charge in [0.05, 0.1) is 5.56 Å². The van der Waals surface area contributed by atoms with Gasteiger partial charge in [0, 0.05) is 10.9 Å². The smallest absolute Gasteiger partial charge is 0.254 e. The Balaban J connectivity index is 2.94. The van der Waals surface area contributed by atoms with Crippen molar-refractivity contribution in [1.29, 1.82) is 0 Å². The van der Waals surface area contributed by atoms with Crippen molar-refractivity contribution in [3.05, 3.63) is 35.1 Å². The van der Waals surface area contributed by atoms with Gasteiger partial charge in [-0.15, -0.1) is 0 Å². The third-order valence-electron chi connectivity index (χ3n) is 2.93. The van der Waals surface area contributed by atoms with Crippen LogP contribution in [0, 0.1) is 12.7 Å². The molecule has 1 N–H and O–H groups in total. The number of benzene rings is 1. The Morgan fingerprint density at radius 2 is 2.18 bits per heavy atom. The van der Waals surface area contributed by atoms with Crippen molar-refractivity contribution in [2.24, 2.45) is 0 Å². The molecule has 0 heterocycles. The number of hydrogen-bond donors (Lipinski definition) is 1. The Hall–Kier alpha value is -0.900. The Bertz CT molecular complexity index is 416. The molecule has 1 aromatic carbocycles. The summed E-state index contributed by atoms with van der Waals surface area (Å²) < 4.78 is 13.8. The van der Waals surface area contributed by atoms with Gasteiger partial charge in [0.25, 0.3) is 5.91 Å². The predicted molar refractivity (Wildman–Crippen MR) is 71.1 cm³/mol. The van der Waals surface area contributed by atoms with E-state index < -0.39 is 5.82 Å². The Kier molecular flexibility index (Phi) is 4.69. The summed E-state index contributed by atoms with van der Waals surface area (Å²) in [4.78, 5) is 12.0. The lowest BCUT2D eigenvalue weighted by Crippen LogP contribution is -2.47. The van der Waals surface area contributed by atoms with E-state index in [1.54, 1.807) is 19.1 Å². The number of amides is 1. The van der Waals surface area contributed by atoms with Gasteiger partial charge in [-0.05, 0) is 31.9 Å². The van der Waals surface area contributed by atoms with Crippen LogP contribution >= 0.6 is 15.9 Å². The van der Waals surface area contributed by atoms with Crippen molar-refractivity contribution in [3.63, 3.8) is 0 Å². The van der Waals surface area contributed by atoms with Gasteiger partial charge in [-0.25, -0.2) is 4.39 Å². The summed E-state index contributed by atoms with van der Waals surface area (Å²) in [6.45, 7) is 5.55. The molecule has 0 aliphatic carbocycles. The van der Waals surface area contributed by atoms with Gasteiger partial charge >= 0.3 is 0 Å². The van der Waals surface area contributed by atoms with E-state index in [9.17, 15) is 9.18 Å². The van der Waals surface area contributed by atoms with Crippen LogP contribution in [-0.2, 0) is 0 Å². The van der Waals surface area contributed by atoms with E-state index in [2.05, 4.69) is 21.2 Å². The Morgan fingerprint density at radius 1 is 1.53 bits per heavy atom. The molecule has 1 amide bonds. The summed E-state index contributed by atoms with van der Waals surface area (Å²) in [6, 6.07) is 4.84. The van der Waals surface area contributed by atoms with Crippen molar-refractivity contribution >= 4 is 21.8 Å². The van der Waals surface area contributed by atoms with Gasteiger partial charge in [0.1, 0.15) is 5.82 Å². The maximum absolute atomic E-state index is 13.8. The first-order valence-corrected chi connectivity index (χ1v) is 6.69. The van der Waals surface area contributed by atoms with E-state index in [-0.39, 0.29) is 17.0 Å². The molecule has 94 valence electrons. The monoisotopic (exact) mass is 301 g/mol. The fourth-order valence-corrected chi connectivity index (χ4v) is 1.92. The molecular formula is C13H17BrFNO. The number of hydrogen-bond acceptors (Lipinski definition) is 1. The molecule has 1 rings (SSSR count). The molecule has 2 nitrogen and oxygen atoms in total. The topological polar surface area (TPSA) is 29.1 Å². The zero-order chi connectivity index (χ0) is 13.1. The van der Waals surface area contributed by atoms with Gasteiger partial charge < -0.3 is 5.32 Å². The van der Waals surface area contributed by atoms with Crippen molar-refractivity contribution in [2.75, 3.05) is 5.33 Å². The average Bonchev–Trinajstić information content (AvgIpc) is 2.32. The summed E-state index contributed by atoms with van der Waals surface area (Å²) in [7, 11) is 0. The van der Waals surface area contributed by atoms with Gasteiger partial charge in [0.15, 0.2) is 0 Å². The SMILES string of the molecule is CCC(C)(CBr)NC(=O)c1cccc(C)c1F. The number of nitrogens with one attached hydrogen (secondary N) is 1. The Labute approximate surface area is 110 Å². The number of halogens is 2. The van der Waals surface area contributed by atoms with Crippen LogP contribution in [-0.4, -0.2) is 16.8 Å². The molecule has 0 radical (unpaired) electrons. The van der Waals surface area contributed by atoms with E-state index >= 15 is 0 Å². The van der Waals surface area contributed by atoms with Crippen molar-refractivity contribution < 1.29 is 9.18 Å². The fraction of sp³-hybridized carbons (Fsp3) is 0.462. The molecular weight excluding hydrogens is 285 g/mol. The lowest BCUT2D eigenvalue weighted by Gasteiger charge is -2.27. The molecule has 17 heavy (non-hydrogen) atoms. The maximum Gasteiger partial charge on any atom is 0.254 e. The van der Waals surface area contributed by atoms with Crippen LogP contribution in [0.2, 0.25) is 0 Å². The number of carbonyl (C=O) groups is 1. The molecule has 0 spiro atoms. The molecule has 1 atom stereocenters. The summed E-state index contributed by atoms with van der Waals surface area (Å²) in [5, 5.41) is 3.49. The molecule has 0 saturated carbocycles. The van der Waals surface area contributed by atoms with E-state index in [0.717, 1.165) is 6.42 Å². The van der Waals surface area contributed by atoms with E-state index in [0.29, 0.717) is 10.9 Å². The minimum atomic E-state index is -0.446. The van der Waals surface area contributed by atoms with Crippen LogP contribution in [0.4, 0.5) is 4.39 Å². The molecule has 0 aliphatic rings. The van der Waals surface area contributed by atoms with E-state index in [1.807, 2.05) is 13.8 Å². The second-order valence-electron chi connectivity index (χ2n) is 4.44. The zero-order valence-electron chi connectivity index (χ0n) is 10.3. The molecule has 4 heteroatoms. The minimum Gasteiger partial charge on any atom is -0.346 e. The molecule has 0 saturated heterocycles. The second kappa shape index (κ2) is 5.63. The minimum absolute atomic E-state index is 0.102. The Morgan fingerprint density at radius 3 is 2.71 bits per heavy atom. The van der Waals surface area contributed by atoms with Crippen LogP contribution in [0.15, 0.2) is 18.2 Å². The van der Waals surface area contributed by atoms with Crippen LogP contribution in [0.1, 0.15) is 36.2 Å². The number of rotatable bonds is 4. The highest BCUT2D eigenvalue weighted by atomic mass is 79.9. The summed E-state index contributed by atoms with van der Waals surface area (Å²) in [5.74, 6) is -0.812. The first-order valence-electron chi connectivity index (χ1n) is 5.57. The third-order valence-corrected chi connectivity index (χ3v) is 4.16. The van der Waals surface area contributed by atoms with Gasteiger partial charge in [0.2, 0.25) is 0 Å². The second-order valence-corrected chi connectivity index (χ2v) is 5.00. The van der Waals surface area contributed by atoms with Crippen molar-refractivity contribution in [1.82, 2.24) is 5.32 Å². The summed E-state index contributed by atoms with van der Waals surface area (Å²) >= 11 is 3.36. The van der Waals surface area contributed by atoms with Crippen LogP contribution in [0.5, 0.6) is 0 Å². The third kappa shape index (κ3) is 3.28. The average molecular weight is 302 g/mol. The number of alkyl halides is 1. The highest BCUT2D eigenvalue weighted by Gasteiger charge is 2.24. The fourth-order valence-electron chi connectivity index (χ4n) is 1.38. The van der Waals surface area contributed by atoms with E-state index in [4.69, 9.17) is 0 Å². The highest BCUT2D eigenvalue weighted by molar-refractivity contribution is 9.09. The molecule has 0 aliphatic heterocycles. The summed E-state index contributed by atoms with van der Waals surface area (Å²) in [6.07, 6.45) is 0.775. The number of aryl methyl sites for hydroxylation is 1. The molecule has 0 bridgehead atoms. The quantitative estimate of drug-likeness (QED) is 0.848. The highest BCUT2D eigenvalue weighted by Crippen LogP contribution is 2.16. The van der Waals surface area contributed by atoms with Crippen LogP contribution in [0.3, 0.4) is 0 Å². The molecule has 1 aromatic rings. The molecule has 1 unspecified atom stereocenters. The molecule has 0 fully saturated rings. The first kappa shape index (κ1) is 14.2. The van der Waals surface area contributed by atoms with Crippen molar-refractivity contribution in [3.8, 4) is 0 Å². The van der Waals surface area contributed by atoms with Crippen LogP contribution in [0.25, 0.3) is 0 Å². The molecule has 0 aromatic heterocycles. The van der Waals surface area contributed by atoms with Gasteiger partial charge in [-0.3, -0.25) is 4.79 Å². The maximum atomic E-state index is 13.8. The van der Waals surface area contributed by atoms with Crippen molar-refractivity contribution in [2.45, 2.75) is 32.7 Å². The predicted octanol–water partition coefficient (Wildman–Crippen LogP) is 3.43. The van der Waals surface area contributed by atoms with Gasteiger partial charge in [-0.2, -0.15) is 0 Å². The number of carbonyl (C=O) groups excluding carboxylic acids is 1.